The lowest BCUT2D eigenvalue weighted by molar-refractivity contribution is 1.47. The minimum absolute atomic E-state index is 0.773. The summed E-state index contributed by atoms with van der Waals surface area (Å²) >= 11 is 0. The van der Waals surface area contributed by atoms with E-state index in [0.717, 1.165) is 44.0 Å². The Morgan fingerprint density at radius 1 is 0.354 bits per heavy atom. The van der Waals surface area contributed by atoms with Crippen LogP contribution in [0.25, 0.3) is 87.6 Å². The van der Waals surface area contributed by atoms with Crippen molar-refractivity contribution in [3.8, 4) is 44.5 Å². The lowest BCUT2D eigenvalue weighted by Crippen LogP contribution is -2.14. The third-order valence-electron chi connectivity index (χ3n) is 10.2. The Kier molecular flexibility index (Phi) is 6.56. The second kappa shape index (κ2) is 11.0. The smallest absolute Gasteiger partial charge is 0.0889 e. The van der Waals surface area contributed by atoms with Crippen molar-refractivity contribution in [3.63, 3.8) is 0 Å². The Hall–Kier alpha value is -5.59. The van der Waals surface area contributed by atoms with E-state index in [1.54, 1.807) is 0 Å². The van der Waals surface area contributed by atoms with Gasteiger partial charge in [-0.15, -0.1) is 0 Å². The molecule has 0 aliphatic rings. The molecule has 9 rings (SSSR count). The lowest BCUT2D eigenvalue weighted by atomic mass is 9.71. The van der Waals surface area contributed by atoms with Gasteiger partial charge in [0.15, 0.2) is 0 Å². The number of rotatable bonds is 4. The average Bonchev–Trinajstić information content (AvgIpc) is 3.13. The number of hydrogen-bond donors (Lipinski definition) is 0. The Morgan fingerprint density at radius 2 is 0.896 bits per heavy atom. The molecule has 0 saturated carbocycles. The SMILES string of the molecule is [B]c1ccc2c3c(-c4ccccc4C)c(-c4ccccc4)c([B])c4c(C)ccc(c5c(-c6ccccc6)c(-c6ccccc6)cc1c25)c43. The first-order valence-corrected chi connectivity index (χ1v) is 16.5. The van der Waals surface area contributed by atoms with Crippen LogP contribution in [0, 0.1) is 13.8 Å². The Morgan fingerprint density at radius 3 is 1.56 bits per heavy atom. The first kappa shape index (κ1) is 28.6. The number of fused-ring (bicyclic) bond motifs is 2. The van der Waals surface area contributed by atoms with Crippen LogP contribution in [0.1, 0.15) is 11.1 Å². The fourth-order valence-corrected chi connectivity index (χ4v) is 8.09. The summed E-state index contributed by atoms with van der Waals surface area (Å²) in [6, 6.07) is 52.0. The topological polar surface area (TPSA) is 0 Å². The van der Waals surface area contributed by atoms with E-state index in [4.69, 9.17) is 15.7 Å². The molecule has 0 aliphatic carbocycles. The normalized spacial score (nSPS) is 11.7. The molecule has 9 aromatic rings. The number of benzene rings is 9. The van der Waals surface area contributed by atoms with Gasteiger partial charge in [-0.3, -0.25) is 0 Å². The van der Waals surface area contributed by atoms with Gasteiger partial charge in [0.25, 0.3) is 0 Å². The van der Waals surface area contributed by atoms with Crippen LogP contribution in [0.15, 0.2) is 146 Å². The van der Waals surface area contributed by atoms with Crippen molar-refractivity contribution >= 4 is 69.7 Å². The monoisotopic (exact) mass is 604 g/mol. The summed E-state index contributed by atoms with van der Waals surface area (Å²) in [7, 11) is 14.4. The van der Waals surface area contributed by atoms with E-state index in [9.17, 15) is 0 Å². The van der Waals surface area contributed by atoms with Crippen molar-refractivity contribution in [2.24, 2.45) is 0 Å². The highest BCUT2D eigenvalue weighted by Crippen LogP contribution is 2.51. The predicted molar refractivity (Wildman–Crippen MR) is 210 cm³/mol. The summed E-state index contributed by atoms with van der Waals surface area (Å²) in [5, 5.41) is 9.36. The fraction of sp³-hybridized carbons (Fsp3) is 0.0435. The van der Waals surface area contributed by atoms with Crippen LogP contribution >= 0.6 is 0 Å². The van der Waals surface area contributed by atoms with Crippen LogP contribution in [0.5, 0.6) is 0 Å². The second-order valence-corrected chi connectivity index (χ2v) is 12.9. The summed E-state index contributed by atoms with van der Waals surface area (Å²) in [5.41, 5.74) is 13.2. The van der Waals surface area contributed by atoms with Gasteiger partial charge in [0.1, 0.15) is 15.7 Å². The number of hydrogen-bond acceptors (Lipinski definition) is 0. The highest BCUT2D eigenvalue weighted by atomic mass is 14.3. The summed E-state index contributed by atoms with van der Waals surface area (Å²) in [5.74, 6) is 0. The molecule has 2 heteroatoms. The van der Waals surface area contributed by atoms with Crippen LogP contribution < -0.4 is 10.9 Å². The molecule has 0 amide bonds. The van der Waals surface area contributed by atoms with Crippen LogP contribution in [-0.2, 0) is 0 Å². The van der Waals surface area contributed by atoms with Crippen molar-refractivity contribution in [1.29, 1.82) is 0 Å². The first-order chi connectivity index (χ1) is 23.5. The molecule has 48 heavy (non-hydrogen) atoms. The fourth-order valence-electron chi connectivity index (χ4n) is 8.09. The largest absolute Gasteiger partial charge is 0.115 e. The van der Waals surface area contributed by atoms with Gasteiger partial charge in [-0.1, -0.05) is 150 Å². The minimum Gasteiger partial charge on any atom is -0.0889 e. The third-order valence-corrected chi connectivity index (χ3v) is 10.2. The van der Waals surface area contributed by atoms with Gasteiger partial charge < -0.3 is 0 Å². The van der Waals surface area contributed by atoms with Gasteiger partial charge >= 0.3 is 0 Å². The standard InChI is InChI=1S/C46H30B2/c1-27-14-12-13-21-32(27)42-40(31-19-10-5-11-20-31)46(48)38-28(2)22-23-34-43(38)45(42)33-24-25-37(47)36-26-35(29-15-6-3-7-16-29)39(44(34)41(33)36)30-17-8-4-9-18-30/h3-26H,1-2H3. The number of aryl methyl sites for hydroxylation is 2. The highest BCUT2D eigenvalue weighted by Gasteiger charge is 2.26. The van der Waals surface area contributed by atoms with Crippen molar-refractivity contribution in [3.05, 3.63) is 157 Å². The van der Waals surface area contributed by atoms with E-state index in [-0.39, 0.29) is 0 Å². The molecule has 0 aliphatic heterocycles. The van der Waals surface area contributed by atoms with Crippen LogP contribution in [-0.4, -0.2) is 15.7 Å². The van der Waals surface area contributed by atoms with E-state index in [1.807, 2.05) is 0 Å². The Balaban J connectivity index is 1.64. The molecule has 0 heterocycles. The van der Waals surface area contributed by atoms with Crippen molar-refractivity contribution in [2.45, 2.75) is 13.8 Å². The molecule has 0 atom stereocenters. The van der Waals surface area contributed by atoms with Gasteiger partial charge in [-0.25, -0.2) is 0 Å². The van der Waals surface area contributed by atoms with Gasteiger partial charge in [-0.2, -0.15) is 0 Å². The quantitative estimate of drug-likeness (QED) is 0.107. The van der Waals surface area contributed by atoms with Crippen molar-refractivity contribution < 1.29 is 0 Å². The van der Waals surface area contributed by atoms with E-state index in [0.29, 0.717) is 0 Å². The highest BCUT2D eigenvalue weighted by molar-refractivity contribution is 6.51. The van der Waals surface area contributed by atoms with E-state index in [2.05, 4.69) is 159 Å². The second-order valence-electron chi connectivity index (χ2n) is 12.9. The van der Waals surface area contributed by atoms with E-state index in [1.165, 1.54) is 65.7 Å². The molecule has 0 fully saturated rings. The molecular formula is C46H30B2. The predicted octanol–water partition coefficient (Wildman–Crippen LogP) is 10.6. The maximum atomic E-state index is 7.45. The molecule has 220 valence electrons. The molecule has 0 spiro atoms. The maximum Gasteiger partial charge on any atom is 0.115 e. The zero-order valence-electron chi connectivity index (χ0n) is 27.0. The summed E-state index contributed by atoms with van der Waals surface area (Å²) in [4.78, 5) is 0. The van der Waals surface area contributed by atoms with E-state index < -0.39 is 0 Å². The molecular weight excluding hydrogens is 574 g/mol. The van der Waals surface area contributed by atoms with Gasteiger partial charge in [-0.05, 0) is 119 Å². The Labute approximate surface area is 283 Å². The first-order valence-electron chi connectivity index (χ1n) is 16.5. The molecule has 0 aromatic heterocycles. The van der Waals surface area contributed by atoms with Gasteiger partial charge in [0.2, 0.25) is 0 Å². The summed E-state index contributed by atoms with van der Waals surface area (Å²) in [6.45, 7) is 4.39. The van der Waals surface area contributed by atoms with Crippen LogP contribution in [0.4, 0.5) is 0 Å². The minimum atomic E-state index is 0.773. The molecule has 0 bridgehead atoms. The van der Waals surface area contributed by atoms with Crippen molar-refractivity contribution in [2.75, 3.05) is 0 Å². The average molecular weight is 604 g/mol. The zero-order chi connectivity index (χ0) is 32.5. The maximum absolute atomic E-state index is 7.45. The zero-order valence-corrected chi connectivity index (χ0v) is 27.0. The summed E-state index contributed by atoms with van der Waals surface area (Å²) < 4.78 is 0. The molecule has 9 aromatic carbocycles. The molecule has 0 nitrogen and oxygen atoms in total. The van der Waals surface area contributed by atoms with Gasteiger partial charge in [0.05, 0.1) is 0 Å². The van der Waals surface area contributed by atoms with Crippen LogP contribution in [0.3, 0.4) is 0 Å². The molecule has 4 radical (unpaired) electrons. The Bertz CT molecular complexity index is 2670. The summed E-state index contributed by atoms with van der Waals surface area (Å²) in [6.07, 6.45) is 0. The van der Waals surface area contributed by atoms with Crippen LogP contribution in [0.2, 0.25) is 0 Å². The van der Waals surface area contributed by atoms with Crippen molar-refractivity contribution in [1.82, 2.24) is 0 Å². The molecule has 0 unspecified atom stereocenters. The molecule has 0 saturated heterocycles. The molecule has 0 N–H and O–H groups in total. The van der Waals surface area contributed by atoms with E-state index >= 15 is 0 Å². The third kappa shape index (κ3) is 4.12. The lowest BCUT2D eigenvalue weighted by Gasteiger charge is -2.27. The van der Waals surface area contributed by atoms with Gasteiger partial charge in [0, 0.05) is 0 Å².